The molecule has 1 saturated heterocycles. The Hall–Kier alpha value is -0.650. The largest absolute Gasteiger partial charge is 0.468 e. The molecule has 0 aliphatic carbocycles. The van der Waals surface area contributed by atoms with Crippen LogP contribution < -0.4 is 5.32 Å². The van der Waals surface area contributed by atoms with E-state index in [-0.39, 0.29) is 11.9 Å². The Morgan fingerprint density at radius 2 is 2.06 bits per heavy atom. The molecule has 0 aromatic rings. The molecule has 0 radical (unpaired) electrons. The Bertz CT molecular complexity index is 263. The first-order valence-corrected chi connectivity index (χ1v) is 6.62. The lowest BCUT2D eigenvalue weighted by Gasteiger charge is -2.43. The highest BCUT2D eigenvalue weighted by Gasteiger charge is 2.48. The fourth-order valence-electron chi connectivity index (χ4n) is 2.69. The Morgan fingerprint density at radius 3 is 2.61 bits per heavy atom. The summed E-state index contributed by atoms with van der Waals surface area (Å²) in [6.07, 6.45) is 1.04. The third-order valence-electron chi connectivity index (χ3n) is 3.76. The summed E-state index contributed by atoms with van der Waals surface area (Å²) >= 11 is 0. The van der Waals surface area contributed by atoms with E-state index in [2.05, 4.69) is 10.2 Å². The van der Waals surface area contributed by atoms with Crippen molar-refractivity contribution in [2.24, 2.45) is 5.92 Å². The van der Waals surface area contributed by atoms with Crippen molar-refractivity contribution < 1.29 is 14.3 Å². The van der Waals surface area contributed by atoms with Gasteiger partial charge in [-0.05, 0) is 18.9 Å². The Labute approximate surface area is 110 Å². The van der Waals surface area contributed by atoms with Crippen LogP contribution in [0.2, 0.25) is 0 Å². The molecule has 0 saturated carbocycles. The zero-order valence-corrected chi connectivity index (χ0v) is 12.0. The summed E-state index contributed by atoms with van der Waals surface area (Å²) in [5, 5.41) is 3.35. The molecule has 1 atom stereocenters. The molecule has 0 spiro atoms. The molecule has 0 aromatic carbocycles. The van der Waals surface area contributed by atoms with Crippen molar-refractivity contribution in [1.82, 2.24) is 10.2 Å². The van der Waals surface area contributed by atoms with Crippen LogP contribution in [0.3, 0.4) is 0 Å². The SMILES string of the molecule is COCC(C(=O)OC)(C(C)C)N1CCCNCC1. The van der Waals surface area contributed by atoms with Gasteiger partial charge in [0.2, 0.25) is 0 Å². The number of esters is 1. The van der Waals surface area contributed by atoms with Crippen LogP contribution in [0.15, 0.2) is 0 Å². The van der Waals surface area contributed by atoms with Crippen LogP contribution in [0.4, 0.5) is 0 Å². The molecule has 1 fully saturated rings. The van der Waals surface area contributed by atoms with Crippen molar-refractivity contribution in [3.8, 4) is 0 Å². The molecule has 1 unspecified atom stereocenters. The minimum atomic E-state index is -0.671. The number of ether oxygens (including phenoxy) is 2. The van der Waals surface area contributed by atoms with Gasteiger partial charge >= 0.3 is 5.97 Å². The highest BCUT2D eigenvalue weighted by atomic mass is 16.5. The average Bonchev–Trinajstić information content (AvgIpc) is 2.63. The molecule has 1 aliphatic rings. The molecule has 0 bridgehead atoms. The molecular formula is C13H26N2O3. The molecule has 106 valence electrons. The summed E-state index contributed by atoms with van der Waals surface area (Å²) in [5.74, 6) is -0.0516. The predicted molar refractivity (Wildman–Crippen MR) is 70.5 cm³/mol. The summed E-state index contributed by atoms with van der Waals surface area (Å²) in [6.45, 7) is 8.11. The minimum Gasteiger partial charge on any atom is -0.468 e. The molecule has 1 aliphatic heterocycles. The summed E-state index contributed by atoms with van der Waals surface area (Å²) in [6, 6.07) is 0. The van der Waals surface area contributed by atoms with Crippen LogP contribution in [0, 0.1) is 5.92 Å². The van der Waals surface area contributed by atoms with E-state index in [1.54, 1.807) is 7.11 Å². The van der Waals surface area contributed by atoms with E-state index in [4.69, 9.17) is 9.47 Å². The molecule has 5 heteroatoms. The van der Waals surface area contributed by atoms with Gasteiger partial charge in [0.25, 0.3) is 0 Å². The van der Waals surface area contributed by atoms with Crippen LogP contribution in [0.1, 0.15) is 20.3 Å². The maximum atomic E-state index is 12.3. The standard InChI is InChI=1S/C13H26N2O3/c1-11(2)13(10-17-3,12(16)18-4)15-8-5-6-14-7-9-15/h11,14H,5-10H2,1-4H3. The molecule has 18 heavy (non-hydrogen) atoms. The summed E-state index contributed by atoms with van der Waals surface area (Å²) in [5.41, 5.74) is -0.671. The molecule has 1 N–H and O–H groups in total. The number of methoxy groups -OCH3 is 2. The lowest BCUT2D eigenvalue weighted by molar-refractivity contribution is -0.164. The molecule has 1 heterocycles. The Balaban J connectivity index is 3.01. The summed E-state index contributed by atoms with van der Waals surface area (Å²) in [4.78, 5) is 14.5. The van der Waals surface area contributed by atoms with Gasteiger partial charge in [0, 0.05) is 26.7 Å². The van der Waals surface area contributed by atoms with Gasteiger partial charge < -0.3 is 14.8 Å². The van der Waals surface area contributed by atoms with Gasteiger partial charge in [0.05, 0.1) is 13.7 Å². The first kappa shape index (κ1) is 15.4. The van der Waals surface area contributed by atoms with E-state index in [0.29, 0.717) is 6.61 Å². The van der Waals surface area contributed by atoms with E-state index >= 15 is 0 Å². The molecule has 1 rings (SSSR count). The number of carbonyl (C=O) groups excluding carboxylic acids is 1. The first-order chi connectivity index (χ1) is 8.59. The Kier molecular flexibility index (Phi) is 6.05. The van der Waals surface area contributed by atoms with Gasteiger partial charge in [-0.15, -0.1) is 0 Å². The number of nitrogens with zero attached hydrogens (tertiary/aromatic N) is 1. The van der Waals surface area contributed by atoms with Crippen molar-refractivity contribution in [3.63, 3.8) is 0 Å². The van der Waals surface area contributed by atoms with Crippen LogP contribution >= 0.6 is 0 Å². The highest BCUT2D eigenvalue weighted by Crippen LogP contribution is 2.28. The second-order valence-electron chi connectivity index (χ2n) is 5.09. The van der Waals surface area contributed by atoms with Crippen molar-refractivity contribution in [2.75, 3.05) is 47.0 Å². The zero-order valence-electron chi connectivity index (χ0n) is 12.0. The zero-order chi connectivity index (χ0) is 13.6. The van der Waals surface area contributed by atoms with Crippen LogP contribution in [-0.2, 0) is 14.3 Å². The van der Waals surface area contributed by atoms with Gasteiger partial charge in [-0.3, -0.25) is 4.90 Å². The molecule has 0 amide bonds. The number of hydrogen-bond acceptors (Lipinski definition) is 5. The number of nitrogens with one attached hydrogen (secondary N) is 1. The fraction of sp³-hybridized carbons (Fsp3) is 0.923. The fourth-order valence-corrected chi connectivity index (χ4v) is 2.69. The van der Waals surface area contributed by atoms with Gasteiger partial charge in [-0.2, -0.15) is 0 Å². The highest BCUT2D eigenvalue weighted by molar-refractivity contribution is 5.81. The average molecular weight is 258 g/mol. The summed E-state index contributed by atoms with van der Waals surface area (Å²) < 4.78 is 10.4. The first-order valence-electron chi connectivity index (χ1n) is 6.62. The number of carbonyl (C=O) groups is 1. The van der Waals surface area contributed by atoms with E-state index < -0.39 is 5.54 Å². The third kappa shape index (κ3) is 3.02. The van der Waals surface area contributed by atoms with Gasteiger partial charge in [0.15, 0.2) is 0 Å². The van der Waals surface area contributed by atoms with Gasteiger partial charge in [-0.1, -0.05) is 13.8 Å². The number of hydrogen-bond donors (Lipinski definition) is 1. The molecule has 0 aromatic heterocycles. The monoisotopic (exact) mass is 258 g/mol. The normalized spacial score (nSPS) is 21.4. The van der Waals surface area contributed by atoms with Gasteiger partial charge in [0.1, 0.15) is 5.54 Å². The second kappa shape index (κ2) is 7.07. The molecular weight excluding hydrogens is 232 g/mol. The minimum absolute atomic E-state index is 0.142. The number of rotatable bonds is 5. The predicted octanol–water partition coefficient (Wildman–Crippen LogP) is 0.496. The van der Waals surface area contributed by atoms with Gasteiger partial charge in [-0.25, -0.2) is 4.79 Å². The second-order valence-corrected chi connectivity index (χ2v) is 5.09. The van der Waals surface area contributed by atoms with Crippen molar-refractivity contribution in [2.45, 2.75) is 25.8 Å². The maximum Gasteiger partial charge on any atom is 0.328 e. The maximum absolute atomic E-state index is 12.3. The quantitative estimate of drug-likeness (QED) is 0.728. The van der Waals surface area contributed by atoms with Crippen LogP contribution in [0.25, 0.3) is 0 Å². The van der Waals surface area contributed by atoms with Crippen molar-refractivity contribution >= 4 is 5.97 Å². The van der Waals surface area contributed by atoms with Crippen molar-refractivity contribution in [3.05, 3.63) is 0 Å². The lowest BCUT2D eigenvalue weighted by Crippen LogP contribution is -2.62. The molecule has 5 nitrogen and oxygen atoms in total. The van der Waals surface area contributed by atoms with Crippen LogP contribution in [-0.4, -0.2) is 63.4 Å². The smallest absolute Gasteiger partial charge is 0.328 e. The Morgan fingerprint density at radius 1 is 1.33 bits per heavy atom. The van der Waals surface area contributed by atoms with E-state index in [9.17, 15) is 4.79 Å². The lowest BCUT2D eigenvalue weighted by atomic mass is 9.84. The van der Waals surface area contributed by atoms with E-state index in [1.807, 2.05) is 13.8 Å². The van der Waals surface area contributed by atoms with Crippen molar-refractivity contribution in [1.29, 1.82) is 0 Å². The van der Waals surface area contributed by atoms with E-state index in [0.717, 1.165) is 32.6 Å². The van der Waals surface area contributed by atoms with E-state index in [1.165, 1.54) is 7.11 Å². The summed E-state index contributed by atoms with van der Waals surface area (Å²) in [7, 11) is 3.08. The van der Waals surface area contributed by atoms with Crippen LogP contribution in [0.5, 0.6) is 0 Å². The topological polar surface area (TPSA) is 50.8 Å². The third-order valence-corrected chi connectivity index (χ3v) is 3.76.